The second kappa shape index (κ2) is 10.2. The molecule has 2 saturated heterocycles. The lowest BCUT2D eigenvalue weighted by Crippen LogP contribution is -2.62. The average Bonchev–Trinajstić information content (AvgIpc) is 3.17. The molecule has 2 aliphatic heterocycles. The lowest BCUT2D eigenvalue weighted by molar-refractivity contribution is -0.163. The van der Waals surface area contributed by atoms with Gasteiger partial charge < -0.3 is 20.3 Å². The summed E-state index contributed by atoms with van der Waals surface area (Å²) in [6.07, 6.45) is 0.718. The molecule has 0 saturated carbocycles. The van der Waals surface area contributed by atoms with Gasteiger partial charge in [0.25, 0.3) is 5.91 Å². The summed E-state index contributed by atoms with van der Waals surface area (Å²) in [5, 5.41) is 4.99. The maximum Gasteiger partial charge on any atom is 0.254 e. The molecule has 0 aromatic heterocycles. The summed E-state index contributed by atoms with van der Waals surface area (Å²) in [5.74, 6) is -1.68. The molecule has 10 heteroatoms. The van der Waals surface area contributed by atoms with Crippen LogP contribution in [0.3, 0.4) is 0 Å². The van der Waals surface area contributed by atoms with Gasteiger partial charge in [-0.25, -0.2) is 8.42 Å². The highest BCUT2D eigenvalue weighted by molar-refractivity contribution is 7.89. The number of amides is 2. The van der Waals surface area contributed by atoms with Gasteiger partial charge in [0.1, 0.15) is 0 Å². The van der Waals surface area contributed by atoms with Crippen molar-refractivity contribution in [2.75, 3.05) is 50.8 Å². The summed E-state index contributed by atoms with van der Waals surface area (Å²) in [5.41, 5.74) is -0.359. The lowest BCUT2D eigenvalue weighted by Gasteiger charge is -2.36. The van der Waals surface area contributed by atoms with Crippen molar-refractivity contribution in [2.24, 2.45) is 5.92 Å². The van der Waals surface area contributed by atoms with Crippen LogP contribution in [0.5, 0.6) is 0 Å². The van der Waals surface area contributed by atoms with E-state index in [1.54, 1.807) is 13.8 Å². The van der Waals surface area contributed by atoms with Gasteiger partial charge in [-0.3, -0.25) is 9.59 Å². The Morgan fingerprint density at radius 2 is 2.06 bits per heavy atom. The van der Waals surface area contributed by atoms with Crippen LogP contribution in [-0.4, -0.2) is 81.3 Å². The first-order valence-corrected chi connectivity index (χ1v) is 12.7. The van der Waals surface area contributed by atoms with Crippen LogP contribution in [-0.2, 0) is 24.3 Å². The molecule has 9 nitrogen and oxygen atoms in total. The molecular formula is C22H34N4O5S. The van der Waals surface area contributed by atoms with Gasteiger partial charge >= 0.3 is 0 Å². The van der Waals surface area contributed by atoms with Crippen LogP contribution in [0, 0.1) is 5.92 Å². The first-order valence-electron chi connectivity index (χ1n) is 11.2. The van der Waals surface area contributed by atoms with Crippen LogP contribution in [0.15, 0.2) is 30.3 Å². The highest BCUT2D eigenvalue weighted by atomic mass is 32.2. The monoisotopic (exact) mass is 466 g/mol. The molecule has 32 heavy (non-hydrogen) atoms. The van der Waals surface area contributed by atoms with Crippen LogP contribution in [0.4, 0.5) is 5.69 Å². The molecule has 2 N–H and O–H groups in total. The fourth-order valence-corrected chi connectivity index (χ4v) is 5.60. The van der Waals surface area contributed by atoms with Gasteiger partial charge in [-0.2, -0.15) is 4.31 Å². The third-order valence-corrected chi connectivity index (χ3v) is 8.36. The Balaban J connectivity index is 1.65. The lowest BCUT2D eigenvalue weighted by atomic mass is 9.87. The van der Waals surface area contributed by atoms with Crippen molar-refractivity contribution in [1.82, 2.24) is 14.9 Å². The smallest absolute Gasteiger partial charge is 0.254 e. The Bertz CT molecular complexity index is 908. The van der Waals surface area contributed by atoms with Gasteiger partial charge in [-0.05, 0) is 39.3 Å². The third-order valence-electron chi connectivity index (χ3n) is 6.17. The number of nitrogens with zero attached hydrogens (tertiary/aromatic N) is 2. The summed E-state index contributed by atoms with van der Waals surface area (Å²) >= 11 is 0. The Hall–Kier alpha value is -2.17. The van der Waals surface area contributed by atoms with Gasteiger partial charge in [-0.15, -0.1) is 0 Å². The standard InChI is InChI=1S/C22H34N4O5S/c1-4-25(18-9-6-5-7-10-18)13-8-11-23-20(27)19-15-26(32(29,30)17(2)3)16-22(19)21(28)24-12-14-31-22/h5-7,9-10,17,19H,4,8,11-16H2,1-3H3,(H,23,27)(H,24,28)/t19-,22-/m1/s1. The zero-order chi connectivity index (χ0) is 23.4. The molecule has 0 aliphatic carbocycles. The Morgan fingerprint density at radius 1 is 1.34 bits per heavy atom. The highest BCUT2D eigenvalue weighted by Crippen LogP contribution is 2.35. The summed E-state index contributed by atoms with van der Waals surface area (Å²) in [7, 11) is -3.63. The first kappa shape index (κ1) is 24.5. The van der Waals surface area contributed by atoms with Crippen molar-refractivity contribution in [3.8, 4) is 0 Å². The number of carbonyl (C=O) groups is 2. The zero-order valence-corrected chi connectivity index (χ0v) is 19.9. The topological polar surface area (TPSA) is 108 Å². The maximum atomic E-state index is 13.1. The van der Waals surface area contributed by atoms with E-state index in [-0.39, 0.29) is 25.6 Å². The molecule has 1 spiro atoms. The number of morpholine rings is 1. The van der Waals surface area contributed by atoms with Crippen molar-refractivity contribution >= 4 is 27.5 Å². The molecule has 2 heterocycles. The Morgan fingerprint density at radius 3 is 2.69 bits per heavy atom. The quantitative estimate of drug-likeness (QED) is 0.516. The number of rotatable bonds is 9. The van der Waals surface area contributed by atoms with Crippen LogP contribution in [0.2, 0.25) is 0 Å². The maximum absolute atomic E-state index is 13.1. The third kappa shape index (κ3) is 4.92. The zero-order valence-electron chi connectivity index (χ0n) is 19.0. The Labute approximate surface area is 190 Å². The molecule has 2 atom stereocenters. The summed E-state index contributed by atoms with van der Waals surface area (Å²) in [6.45, 7) is 7.67. The van der Waals surface area contributed by atoms with E-state index in [1.807, 2.05) is 30.3 Å². The SMILES string of the molecule is CCN(CCCNC(=O)[C@H]1CN(S(=O)(=O)C(C)C)C[C@@]12OCCNC2=O)c1ccccc1. The molecule has 0 radical (unpaired) electrons. The molecule has 1 aromatic rings. The van der Waals surface area contributed by atoms with Crippen LogP contribution >= 0.6 is 0 Å². The fraction of sp³-hybridized carbons (Fsp3) is 0.636. The predicted octanol–water partition coefficient (Wildman–Crippen LogP) is 0.574. The van der Waals surface area contributed by atoms with Gasteiger partial charge in [0.05, 0.1) is 24.3 Å². The molecule has 2 fully saturated rings. The molecule has 1 aromatic carbocycles. The van der Waals surface area contributed by atoms with E-state index >= 15 is 0 Å². The number of nitrogens with one attached hydrogen (secondary N) is 2. The van der Waals surface area contributed by atoms with Gasteiger partial charge in [0.2, 0.25) is 15.9 Å². The predicted molar refractivity (Wildman–Crippen MR) is 123 cm³/mol. The number of anilines is 1. The van der Waals surface area contributed by atoms with Crippen molar-refractivity contribution in [3.63, 3.8) is 0 Å². The molecule has 3 rings (SSSR count). The molecule has 178 valence electrons. The van der Waals surface area contributed by atoms with E-state index in [9.17, 15) is 18.0 Å². The van der Waals surface area contributed by atoms with Crippen molar-refractivity contribution in [1.29, 1.82) is 0 Å². The second-order valence-electron chi connectivity index (χ2n) is 8.49. The summed E-state index contributed by atoms with van der Waals surface area (Å²) < 4.78 is 32.5. The van der Waals surface area contributed by atoms with Gasteiger partial charge in [0.15, 0.2) is 5.60 Å². The molecular weight excluding hydrogens is 432 g/mol. The average molecular weight is 467 g/mol. The number of hydrogen-bond acceptors (Lipinski definition) is 6. The van der Waals surface area contributed by atoms with E-state index in [0.717, 1.165) is 25.2 Å². The molecule has 2 aliphatic rings. The van der Waals surface area contributed by atoms with Crippen LogP contribution < -0.4 is 15.5 Å². The van der Waals surface area contributed by atoms with Gasteiger partial charge in [-0.1, -0.05) is 18.2 Å². The molecule has 0 unspecified atom stereocenters. The minimum absolute atomic E-state index is 0.0646. The number of benzene rings is 1. The molecule has 0 bridgehead atoms. The van der Waals surface area contributed by atoms with E-state index < -0.39 is 32.7 Å². The van der Waals surface area contributed by atoms with Crippen molar-refractivity contribution in [2.45, 2.75) is 38.0 Å². The van der Waals surface area contributed by atoms with Crippen molar-refractivity contribution < 1.29 is 22.7 Å². The Kier molecular flexibility index (Phi) is 7.79. The number of ether oxygens (including phenoxy) is 1. The van der Waals surface area contributed by atoms with E-state index in [4.69, 9.17) is 4.74 Å². The number of hydrogen-bond donors (Lipinski definition) is 2. The highest BCUT2D eigenvalue weighted by Gasteiger charge is 2.59. The summed E-state index contributed by atoms with van der Waals surface area (Å²) in [6, 6.07) is 10.1. The van der Waals surface area contributed by atoms with E-state index in [1.165, 1.54) is 4.31 Å². The first-order chi connectivity index (χ1) is 15.2. The van der Waals surface area contributed by atoms with Crippen LogP contribution in [0.1, 0.15) is 27.2 Å². The minimum Gasteiger partial charge on any atom is -0.372 e. The number of para-hydroxylation sites is 1. The van der Waals surface area contributed by atoms with Crippen LogP contribution in [0.25, 0.3) is 0 Å². The van der Waals surface area contributed by atoms with Crippen molar-refractivity contribution in [3.05, 3.63) is 30.3 Å². The number of carbonyl (C=O) groups excluding carboxylic acids is 2. The minimum atomic E-state index is -3.63. The second-order valence-corrected chi connectivity index (χ2v) is 11.0. The molecule has 2 amide bonds. The summed E-state index contributed by atoms with van der Waals surface area (Å²) in [4.78, 5) is 28.1. The normalized spacial score (nSPS) is 24.0. The number of sulfonamides is 1. The largest absolute Gasteiger partial charge is 0.372 e. The van der Waals surface area contributed by atoms with Gasteiger partial charge in [0, 0.05) is 38.4 Å². The van der Waals surface area contributed by atoms with E-state index in [2.05, 4.69) is 22.5 Å². The fourth-order valence-electron chi connectivity index (χ4n) is 4.28. The van der Waals surface area contributed by atoms with E-state index in [0.29, 0.717) is 13.1 Å².